The number of hydrogen-bond acceptors (Lipinski definition) is 4. The molecule has 0 spiro atoms. The number of carbonyl (C=O) groups is 1. The van der Waals surface area contributed by atoms with E-state index in [4.69, 9.17) is 9.63 Å². The zero-order valence-electron chi connectivity index (χ0n) is 12.2. The van der Waals surface area contributed by atoms with E-state index in [-0.39, 0.29) is 12.5 Å². The first-order valence-corrected chi connectivity index (χ1v) is 6.48. The molecule has 0 saturated heterocycles. The summed E-state index contributed by atoms with van der Waals surface area (Å²) in [6.45, 7) is 5.24. The van der Waals surface area contributed by atoms with Gasteiger partial charge in [-0.2, -0.15) is 0 Å². The van der Waals surface area contributed by atoms with Crippen LogP contribution in [0.25, 0.3) is 0 Å². The van der Waals surface area contributed by atoms with Crippen LogP contribution in [-0.2, 0) is 0 Å². The number of anilines is 1. The SMILES string of the molecule is Cc1noc(NC(=O)c2cccc(C#CCO)c2C)c1C. The molecule has 0 unspecified atom stereocenters. The Kier molecular flexibility index (Phi) is 4.41. The molecule has 1 amide bonds. The van der Waals surface area contributed by atoms with Gasteiger partial charge in [-0.25, -0.2) is 0 Å². The first-order valence-electron chi connectivity index (χ1n) is 6.48. The fourth-order valence-corrected chi connectivity index (χ4v) is 1.85. The summed E-state index contributed by atoms with van der Waals surface area (Å²) < 4.78 is 5.08. The summed E-state index contributed by atoms with van der Waals surface area (Å²) in [4.78, 5) is 12.3. The van der Waals surface area contributed by atoms with Crippen molar-refractivity contribution in [2.75, 3.05) is 11.9 Å². The lowest BCUT2D eigenvalue weighted by atomic mass is 10.0. The molecule has 2 aromatic rings. The highest BCUT2D eigenvalue weighted by atomic mass is 16.5. The van der Waals surface area contributed by atoms with E-state index in [9.17, 15) is 4.79 Å². The molecular formula is C16H16N2O3. The third-order valence-corrected chi connectivity index (χ3v) is 3.26. The smallest absolute Gasteiger partial charge is 0.258 e. The topological polar surface area (TPSA) is 75.4 Å². The van der Waals surface area contributed by atoms with E-state index in [2.05, 4.69) is 22.3 Å². The lowest BCUT2D eigenvalue weighted by Crippen LogP contribution is -2.14. The Morgan fingerprint density at radius 1 is 1.33 bits per heavy atom. The first kappa shape index (κ1) is 14.8. The third-order valence-electron chi connectivity index (χ3n) is 3.26. The number of aliphatic hydroxyl groups excluding tert-OH is 1. The summed E-state index contributed by atoms with van der Waals surface area (Å²) in [7, 11) is 0. The van der Waals surface area contributed by atoms with Gasteiger partial charge in [-0.3, -0.25) is 10.1 Å². The van der Waals surface area contributed by atoms with Gasteiger partial charge in [-0.1, -0.05) is 23.1 Å². The molecule has 21 heavy (non-hydrogen) atoms. The minimum atomic E-state index is -0.278. The van der Waals surface area contributed by atoms with Crippen LogP contribution < -0.4 is 5.32 Å². The lowest BCUT2D eigenvalue weighted by molar-refractivity contribution is 0.102. The van der Waals surface area contributed by atoms with Gasteiger partial charge in [-0.05, 0) is 38.5 Å². The van der Waals surface area contributed by atoms with Gasteiger partial charge in [0.25, 0.3) is 5.91 Å². The van der Waals surface area contributed by atoms with Crippen molar-refractivity contribution in [2.24, 2.45) is 0 Å². The summed E-state index contributed by atoms with van der Waals surface area (Å²) >= 11 is 0. The highest BCUT2D eigenvalue weighted by Gasteiger charge is 2.15. The van der Waals surface area contributed by atoms with E-state index in [0.717, 1.165) is 16.8 Å². The van der Waals surface area contributed by atoms with Crippen molar-refractivity contribution in [1.29, 1.82) is 0 Å². The van der Waals surface area contributed by atoms with Crippen molar-refractivity contribution in [3.63, 3.8) is 0 Å². The van der Waals surface area contributed by atoms with Crippen molar-refractivity contribution in [3.8, 4) is 11.8 Å². The molecule has 0 radical (unpaired) electrons. The van der Waals surface area contributed by atoms with Crippen molar-refractivity contribution < 1.29 is 14.4 Å². The fourth-order valence-electron chi connectivity index (χ4n) is 1.85. The van der Waals surface area contributed by atoms with Crippen molar-refractivity contribution in [1.82, 2.24) is 5.16 Å². The number of hydrogen-bond donors (Lipinski definition) is 2. The molecule has 2 N–H and O–H groups in total. The molecule has 1 heterocycles. The van der Waals surface area contributed by atoms with Crippen LogP contribution in [0.3, 0.4) is 0 Å². The Labute approximate surface area is 123 Å². The molecule has 0 atom stereocenters. The highest BCUT2D eigenvalue weighted by molar-refractivity contribution is 6.05. The Morgan fingerprint density at radius 3 is 2.71 bits per heavy atom. The average molecular weight is 284 g/mol. The normalized spacial score (nSPS) is 9.90. The van der Waals surface area contributed by atoms with Crippen LogP contribution in [0.2, 0.25) is 0 Å². The van der Waals surface area contributed by atoms with Crippen LogP contribution in [0.4, 0.5) is 5.88 Å². The molecular weight excluding hydrogens is 268 g/mol. The number of aryl methyl sites for hydroxylation is 1. The number of aliphatic hydroxyl groups is 1. The second kappa shape index (κ2) is 6.25. The van der Waals surface area contributed by atoms with E-state index in [1.807, 2.05) is 20.8 Å². The molecule has 0 fully saturated rings. The van der Waals surface area contributed by atoms with Gasteiger partial charge >= 0.3 is 0 Å². The minimum Gasteiger partial charge on any atom is -0.384 e. The van der Waals surface area contributed by atoms with E-state index in [1.165, 1.54) is 0 Å². The molecule has 0 bridgehead atoms. The Hall–Kier alpha value is -2.58. The van der Waals surface area contributed by atoms with Crippen LogP contribution in [0, 0.1) is 32.6 Å². The quantitative estimate of drug-likeness (QED) is 0.829. The summed E-state index contributed by atoms with van der Waals surface area (Å²) in [6, 6.07) is 5.27. The number of carbonyl (C=O) groups excluding carboxylic acids is 1. The number of rotatable bonds is 2. The number of amides is 1. The fraction of sp³-hybridized carbons (Fsp3) is 0.250. The minimum absolute atomic E-state index is 0.216. The largest absolute Gasteiger partial charge is 0.384 e. The van der Waals surface area contributed by atoms with Crippen molar-refractivity contribution in [2.45, 2.75) is 20.8 Å². The van der Waals surface area contributed by atoms with Crippen LogP contribution >= 0.6 is 0 Å². The second-order valence-electron chi connectivity index (χ2n) is 4.61. The Balaban J connectivity index is 2.29. The molecule has 5 heteroatoms. The molecule has 5 nitrogen and oxygen atoms in total. The average Bonchev–Trinajstić information content (AvgIpc) is 2.78. The van der Waals surface area contributed by atoms with Crippen LogP contribution in [0.15, 0.2) is 22.7 Å². The predicted molar refractivity (Wildman–Crippen MR) is 79.1 cm³/mol. The number of nitrogens with one attached hydrogen (secondary N) is 1. The van der Waals surface area contributed by atoms with Crippen LogP contribution in [0.5, 0.6) is 0 Å². The summed E-state index contributed by atoms with van der Waals surface area (Å²) in [6.07, 6.45) is 0. The maximum Gasteiger partial charge on any atom is 0.258 e. The van der Waals surface area contributed by atoms with E-state index in [0.29, 0.717) is 17.0 Å². The predicted octanol–water partition coefficient (Wildman–Crippen LogP) is 2.20. The maximum absolute atomic E-state index is 12.3. The van der Waals surface area contributed by atoms with Gasteiger partial charge in [0.15, 0.2) is 0 Å². The molecule has 1 aromatic carbocycles. The van der Waals surface area contributed by atoms with Crippen LogP contribution in [0.1, 0.15) is 32.7 Å². The molecule has 0 aliphatic rings. The number of benzene rings is 1. The van der Waals surface area contributed by atoms with E-state index in [1.54, 1.807) is 18.2 Å². The zero-order valence-corrected chi connectivity index (χ0v) is 12.2. The molecule has 0 aliphatic carbocycles. The molecule has 108 valence electrons. The van der Waals surface area contributed by atoms with Gasteiger partial charge in [0.2, 0.25) is 5.88 Å². The number of nitrogens with zero attached hydrogens (tertiary/aromatic N) is 1. The van der Waals surface area contributed by atoms with E-state index < -0.39 is 0 Å². The second-order valence-corrected chi connectivity index (χ2v) is 4.61. The summed E-state index contributed by atoms with van der Waals surface area (Å²) in [5.74, 6) is 5.47. The standard InChI is InChI=1S/C16H16N2O3/c1-10-12(3)18-21-16(10)17-15(20)14-8-4-6-13(11(14)2)7-5-9-19/h4,6,8,19H,9H2,1-3H3,(H,17,20). The van der Waals surface area contributed by atoms with Gasteiger partial charge in [0, 0.05) is 16.7 Å². The lowest BCUT2D eigenvalue weighted by Gasteiger charge is -2.07. The Morgan fingerprint density at radius 2 is 2.10 bits per heavy atom. The monoisotopic (exact) mass is 284 g/mol. The molecule has 0 saturated carbocycles. The number of aromatic nitrogens is 1. The highest BCUT2D eigenvalue weighted by Crippen LogP contribution is 2.20. The third kappa shape index (κ3) is 3.12. The van der Waals surface area contributed by atoms with Gasteiger partial charge < -0.3 is 9.63 Å². The van der Waals surface area contributed by atoms with Gasteiger partial charge in [0.1, 0.15) is 6.61 Å². The van der Waals surface area contributed by atoms with E-state index >= 15 is 0 Å². The molecule has 2 rings (SSSR count). The zero-order chi connectivity index (χ0) is 15.4. The van der Waals surface area contributed by atoms with Gasteiger partial charge in [0.05, 0.1) is 5.69 Å². The van der Waals surface area contributed by atoms with Crippen molar-refractivity contribution >= 4 is 11.8 Å². The molecule has 0 aliphatic heterocycles. The molecule has 1 aromatic heterocycles. The maximum atomic E-state index is 12.3. The van der Waals surface area contributed by atoms with Crippen molar-refractivity contribution in [3.05, 3.63) is 46.1 Å². The summed E-state index contributed by atoms with van der Waals surface area (Å²) in [5, 5.41) is 15.3. The summed E-state index contributed by atoms with van der Waals surface area (Å²) in [5.41, 5.74) is 3.52. The Bertz CT molecular complexity index is 736. The first-order chi connectivity index (χ1) is 10.0. The van der Waals surface area contributed by atoms with Crippen LogP contribution in [-0.4, -0.2) is 22.8 Å². The van der Waals surface area contributed by atoms with Gasteiger partial charge in [-0.15, -0.1) is 0 Å².